The molecule has 2 atom stereocenters. The first-order chi connectivity index (χ1) is 8.84. The zero-order valence-electron chi connectivity index (χ0n) is 11.4. The lowest BCUT2D eigenvalue weighted by molar-refractivity contribution is -0.142. The highest BCUT2D eigenvalue weighted by Gasteiger charge is 2.32. The Kier molecular flexibility index (Phi) is 5.02. The maximum atomic E-state index is 12.1. The highest BCUT2D eigenvalue weighted by molar-refractivity contribution is 7.09. The van der Waals surface area contributed by atoms with E-state index in [0.717, 1.165) is 0 Å². The summed E-state index contributed by atoms with van der Waals surface area (Å²) in [6, 6.07) is -0.355. The molecule has 0 fully saturated rings. The lowest BCUT2D eigenvalue weighted by atomic mass is 10.0. The molecule has 1 aromatic heterocycles. The van der Waals surface area contributed by atoms with Crippen molar-refractivity contribution in [1.29, 1.82) is 0 Å². The van der Waals surface area contributed by atoms with E-state index in [9.17, 15) is 9.59 Å². The fourth-order valence-corrected chi connectivity index (χ4v) is 2.19. The van der Waals surface area contributed by atoms with Crippen molar-refractivity contribution in [3.05, 3.63) is 16.1 Å². The zero-order chi connectivity index (χ0) is 14.6. The first kappa shape index (κ1) is 15.6. The van der Waals surface area contributed by atoms with Crippen LogP contribution in [0.15, 0.2) is 5.38 Å². The average Bonchev–Trinajstić information content (AvgIpc) is 2.87. The van der Waals surface area contributed by atoms with Gasteiger partial charge in [0.2, 0.25) is 0 Å². The number of carboxylic acids is 1. The predicted molar refractivity (Wildman–Crippen MR) is 71.3 cm³/mol. The van der Waals surface area contributed by atoms with Crippen molar-refractivity contribution in [2.24, 2.45) is 0 Å². The molecule has 0 saturated carbocycles. The molecule has 0 aliphatic carbocycles. The number of aromatic carboxylic acids is 1. The van der Waals surface area contributed by atoms with Gasteiger partial charge in [-0.05, 0) is 20.3 Å². The van der Waals surface area contributed by atoms with Gasteiger partial charge in [-0.2, -0.15) is 0 Å². The van der Waals surface area contributed by atoms with E-state index < -0.39 is 11.6 Å². The topological polar surface area (TPSA) is 88.5 Å². The van der Waals surface area contributed by atoms with Crippen molar-refractivity contribution >= 4 is 23.2 Å². The van der Waals surface area contributed by atoms with Crippen LogP contribution >= 0.6 is 11.3 Å². The summed E-state index contributed by atoms with van der Waals surface area (Å²) < 4.78 is 5.21. The van der Waals surface area contributed by atoms with E-state index in [4.69, 9.17) is 9.84 Å². The molecule has 1 aromatic rings. The lowest BCUT2D eigenvalue weighted by Gasteiger charge is -2.26. The van der Waals surface area contributed by atoms with Gasteiger partial charge in [0, 0.05) is 12.5 Å². The predicted octanol–water partition coefficient (Wildman–Crippen LogP) is 1.83. The van der Waals surface area contributed by atoms with Crippen molar-refractivity contribution in [2.45, 2.75) is 38.8 Å². The molecule has 0 bridgehead atoms. The Morgan fingerprint density at radius 3 is 2.68 bits per heavy atom. The van der Waals surface area contributed by atoms with Gasteiger partial charge in [0.05, 0.1) is 6.04 Å². The Morgan fingerprint density at radius 1 is 1.63 bits per heavy atom. The number of carboxylic acid groups (broad SMARTS) is 1. The third kappa shape index (κ3) is 3.51. The van der Waals surface area contributed by atoms with Crippen molar-refractivity contribution in [3.63, 3.8) is 0 Å². The molecule has 19 heavy (non-hydrogen) atoms. The fourth-order valence-electron chi connectivity index (χ4n) is 1.39. The Labute approximate surface area is 115 Å². The third-order valence-corrected chi connectivity index (χ3v) is 4.09. The summed E-state index contributed by atoms with van der Waals surface area (Å²) in [7, 11) is 1.49. The van der Waals surface area contributed by atoms with Crippen molar-refractivity contribution in [1.82, 2.24) is 10.3 Å². The monoisotopic (exact) mass is 286 g/mol. The van der Waals surface area contributed by atoms with Crippen LogP contribution in [0.1, 0.15) is 48.7 Å². The van der Waals surface area contributed by atoms with Gasteiger partial charge in [-0.3, -0.25) is 4.79 Å². The molecular weight excluding hydrogens is 268 g/mol. The normalized spacial score (nSPS) is 15.6. The molecule has 2 N–H and O–H groups in total. The van der Waals surface area contributed by atoms with E-state index in [1.165, 1.54) is 23.8 Å². The van der Waals surface area contributed by atoms with Gasteiger partial charge in [-0.15, -0.1) is 11.3 Å². The standard InChI is InChI=1S/C12H18N2O4S/c1-5-12(3,18-4)11(17)13-7(2)9-14-8(6-19-9)10(15)16/h6-7H,5H2,1-4H3,(H,13,17)(H,15,16). The van der Waals surface area contributed by atoms with Gasteiger partial charge >= 0.3 is 5.97 Å². The van der Waals surface area contributed by atoms with E-state index in [1.54, 1.807) is 13.8 Å². The molecule has 0 saturated heterocycles. The second kappa shape index (κ2) is 6.12. The van der Waals surface area contributed by atoms with Gasteiger partial charge < -0.3 is 15.2 Å². The number of thiazole rings is 1. The second-order valence-corrected chi connectivity index (χ2v) is 5.25. The summed E-state index contributed by atoms with van der Waals surface area (Å²) in [4.78, 5) is 26.8. The van der Waals surface area contributed by atoms with Crippen LogP contribution in [-0.2, 0) is 9.53 Å². The number of carbonyl (C=O) groups excluding carboxylic acids is 1. The van der Waals surface area contributed by atoms with E-state index in [1.807, 2.05) is 6.92 Å². The van der Waals surface area contributed by atoms with E-state index in [2.05, 4.69) is 10.3 Å². The number of carbonyl (C=O) groups is 2. The largest absolute Gasteiger partial charge is 0.476 e. The first-order valence-corrected chi connectivity index (χ1v) is 6.76. The second-order valence-electron chi connectivity index (χ2n) is 4.36. The molecule has 0 aliphatic rings. The maximum absolute atomic E-state index is 12.1. The number of aromatic nitrogens is 1. The molecule has 7 heteroatoms. The summed E-state index contributed by atoms with van der Waals surface area (Å²) in [6.45, 7) is 5.33. The number of ether oxygens (including phenoxy) is 1. The molecule has 1 rings (SSSR count). The molecule has 1 amide bonds. The minimum Gasteiger partial charge on any atom is -0.476 e. The summed E-state index contributed by atoms with van der Waals surface area (Å²) >= 11 is 1.21. The minimum atomic E-state index is -1.07. The molecular formula is C12H18N2O4S. The highest BCUT2D eigenvalue weighted by Crippen LogP contribution is 2.21. The van der Waals surface area contributed by atoms with E-state index in [-0.39, 0.29) is 17.6 Å². The Morgan fingerprint density at radius 2 is 2.26 bits per heavy atom. The van der Waals surface area contributed by atoms with Crippen LogP contribution in [0.25, 0.3) is 0 Å². The Balaban J connectivity index is 2.76. The summed E-state index contributed by atoms with van der Waals surface area (Å²) in [5.74, 6) is -1.31. The number of hydrogen-bond acceptors (Lipinski definition) is 5. The molecule has 0 aromatic carbocycles. The van der Waals surface area contributed by atoms with Crippen LogP contribution in [0.4, 0.5) is 0 Å². The Hall–Kier alpha value is -1.47. The number of rotatable bonds is 6. The van der Waals surface area contributed by atoms with Gasteiger partial charge in [-0.1, -0.05) is 6.92 Å². The van der Waals surface area contributed by atoms with Crippen LogP contribution in [0, 0.1) is 0 Å². The van der Waals surface area contributed by atoms with Gasteiger partial charge in [-0.25, -0.2) is 9.78 Å². The highest BCUT2D eigenvalue weighted by atomic mass is 32.1. The van der Waals surface area contributed by atoms with Crippen LogP contribution in [0.3, 0.4) is 0 Å². The maximum Gasteiger partial charge on any atom is 0.355 e. The number of amides is 1. The van der Waals surface area contributed by atoms with E-state index >= 15 is 0 Å². The number of methoxy groups -OCH3 is 1. The van der Waals surface area contributed by atoms with Crippen LogP contribution in [-0.4, -0.2) is 34.7 Å². The van der Waals surface area contributed by atoms with E-state index in [0.29, 0.717) is 11.4 Å². The molecule has 106 valence electrons. The first-order valence-electron chi connectivity index (χ1n) is 5.89. The number of nitrogens with zero attached hydrogens (tertiary/aromatic N) is 1. The van der Waals surface area contributed by atoms with Gasteiger partial charge in [0.15, 0.2) is 5.69 Å². The molecule has 0 aliphatic heterocycles. The summed E-state index contributed by atoms with van der Waals surface area (Å²) in [5, 5.41) is 13.6. The molecule has 0 radical (unpaired) electrons. The van der Waals surface area contributed by atoms with Crippen LogP contribution < -0.4 is 5.32 Å². The smallest absolute Gasteiger partial charge is 0.355 e. The van der Waals surface area contributed by atoms with Crippen molar-refractivity contribution < 1.29 is 19.4 Å². The minimum absolute atomic E-state index is 0.00825. The Bertz CT molecular complexity index is 468. The summed E-state index contributed by atoms with van der Waals surface area (Å²) in [5.41, 5.74) is -0.896. The SMILES string of the molecule is CCC(C)(OC)C(=O)NC(C)c1nc(C(=O)O)cs1. The average molecular weight is 286 g/mol. The molecule has 2 unspecified atom stereocenters. The fraction of sp³-hybridized carbons (Fsp3) is 0.583. The van der Waals surface area contributed by atoms with Crippen molar-refractivity contribution in [2.75, 3.05) is 7.11 Å². The van der Waals surface area contributed by atoms with Gasteiger partial charge in [0.1, 0.15) is 10.6 Å². The van der Waals surface area contributed by atoms with Crippen LogP contribution in [0.5, 0.6) is 0 Å². The number of nitrogens with one attached hydrogen (secondary N) is 1. The molecule has 0 spiro atoms. The lowest BCUT2D eigenvalue weighted by Crippen LogP contribution is -2.46. The quantitative estimate of drug-likeness (QED) is 0.833. The van der Waals surface area contributed by atoms with Crippen molar-refractivity contribution in [3.8, 4) is 0 Å². The molecule has 6 nitrogen and oxygen atoms in total. The summed E-state index contributed by atoms with van der Waals surface area (Å²) in [6.07, 6.45) is 0.542. The van der Waals surface area contributed by atoms with Gasteiger partial charge in [0.25, 0.3) is 5.91 Å². The molecule has 1 heterocycles. The van der Waals surface area contributed by atoms with Crippen LogP contribution in [0.2, 0.25) is 0 Å². The number of hydrogen-bond donors (Lipinski definition) is 2. The zero-order valence-corrected chi connectivity index (χ0v) is 12.2. The third-order valence-electron chi connectivity index (χ3n) is 3.06.